The zero-order chi connectivity index (χ0) is 15.0. The highest BCUT2D eigenvalue weighted by atomic mass is 19.4. The molecule has 0 aliphatic carbocycles. The molecule has 0 saturated heterocycles. The van der Waals surface area contributed by atoms with Crippen molar-refractivity contribution in [2.75, 3.05) is 0 Å². The number of hydrogen-bond donors (Lipinski definition) is 0. The van der Waals surface area contributed by atoms with E-state index in [4.69, 9.17) is 0 Å². The van der Waals surface area contributed by atoms with Crippen LogP contribution in [0.2, 0.25) is 0 Å². The lowest BCUT2D eigenvalue weighted by atomic mass is 9.95. The van der Waals surface area contributed by atoms with E-state index in [0.717, 1.165) is 6.20 Å². The molecular weight excluding hydrogens is 267 g/mol. The molecule has 6 heteroatoms. The first-order chi connectivity index (χ1) is 9.19. The summed E-state index contributed by atoms with van der Waals surface area (Å²) in [5.74, 6) is 0.582. The quantitative estimate of drug-likeness (QED) is 0.796. The minimum absolute atomic E-state index is 0.0135. The molecule has 2 heterocycles. The molecule has 0 aromatic carbocycles. The minimum atomic E-state index is -4.50. The second kappa shape index (κ2) is 4.85. The molecule has 0 amide bonds. The number of hydrogen-bond acceptors (Lipinski definition) is 3. The predicted molar refractivity (Wildman–Crippen MR) is 69.0 cm³/mol. The Balaban J connectivity index is 2.48. The molecule has 3 nitrogen and oxygen atoms in total. The highest BCUT2D eigenvalue weighted by molar-refractivity contribution is 5.64. The smallest absolute Gasteiger partial charge is 0.251 e. The molecule has 0 unspecified atom stereocenters. The molecule has 0 fully saturated rings. The summed E-state index contributed by atoms with van der Waals surface area (Å²) >= 11 is 0. The molecule has 0 aliphatic rings. The van der Waals surface area contributed by atoms with Gasteiger partial charge in [0.15, 0.2) is 5.69 Å². The Hall–Kier alpha value is -1.98. The van der Waals surface area contributed by atoms with Crippen LogP contribution in [0.3, 0.4) is 0 Å². The lowest BCUT2D eigenvalue weighted by Crippen LogP contribution is -2.16. The summed E-state index contributed by atoms with van der Waals surface area (Å²) in [6.45, 7) is 5.81. The van der Waals surface area contributed by atoms with Crippen molar-refractivity contribution in [1.82, 2.24) is 15.0 Å². The average molecular weight is 281 g/mol. The molecule has 2 aromatic rings. The number of halogens is 3. The number of nitrogens with zero attached hydrogens (tertiary/aromatic N) is 3. The summed E-state index contributed by atoms with van der Waals surface area (Å²) in [4.78, 5) is 11.7. The van der Waals surface area contributed by atoms with Gasteiger partial charge in [-0.05, 0) is 6.07 Å². The van der Waals surface area contributed by atoms with Gasteiger partial charge in [-0.25, -0.2) is 9.97 Å². The first kappa shape index (κ1) is 14.4. The zero-order valence-electron chi connectivity index (χ0n) is 11.4. The van der Waals surface area contributed by atoms with E-state index in [2.05, 4.69) is 15.0 Å². The van der Waals surface area contributed by atoms with Gasteiger partial charge >= 0.3 is 6.18 Å². The van der Waals surface area contributed by atoms with Crippen LogP contribution < -0.4 is 0 Å². The summed E-state index contributed by atoms with van der Waals surface area (Å²) in [7, 11) is 0. The minimum Gasteiger partial charge on any atom is -0.251 e. The highest BCUT2D eigenvalue weighted by Gasteiger charge is 2.35. The maximum atomic E-state index is 12.9. The van der Waals surface area contributed by atoms with Crippen molar-refractivity contribution in [3.05, 3.63) is 42.2 Å². The molecule has 2 aromatic heterocycles. The van der Waals surface area contributed by atoms with Crippen LogP contribution in [-0.4, -0.2) is 15.0 Å². The zero-order valence-corrected chi connectivity index (χ0v) is 11.4. The molecular formula is C14H14F3N3. The molecule has 0 atom stereocenters. The topological polar surface area (TPSA) is 38.7 Å². The average Bonchev–Trinajstić information content (AvgIpc) is 2.37. The van der Waals surface area contributed by atoms with Crippen LogP contribution in [0.25, 0.3) is 11.1 Å². The Morgan fingerprint density at radius 2 is 1.55 bits per heavy atom. The van der Waals surface area contributed by atoms with Crippen molar-refractivity contribution in [3.8, 4) is 11.1 Å². The first-order valence-corrected chi connectivity index (χ1v) is 6.05. The van der Waals surface area contributed by atoms with Crippen molar-refractivity contribution in [2.45, 2.75) is 32.4 Å². The summed E-state index contributed by atoms with van der Waals surface area (Å²) in [6.07, 6.45) is -0.574. The Kier molecular flexibility index (Phi) is 3.50. The molecule has 0 bridgehead atoms. The van der Waals surface area contributed by atoms with E-state index in [1.807, 2.05) is 20.8 Å². The number of rotatable bonds is 1. The van der Waals surface area contributed by atoms with Gasteiger partial charge in [-0.1, -0.05) is 26.8 Å². The summed E-state index contributed by atoms with van der Waals surface area (Å²) < 4.78 is 38.7. The van der Waals surface area contributed by atoms with E-state index in [9.17, 15) is 13.2 Å². The fourth-order valence-electron chi connectivity index (χ4n) is 1.72. The third-order valence-corrected chi connectivity index (χ3v) is 2.71. The van der Waals surface area contributed by atoms with Gasteiger partial charge in [-0.3, -0.25) is 4.98 Å². The van der Waals surface area contributed by atoms with Crippen LogP contribution in [0.1, 0.15) is 32.3 Å². The molecule has 0 spiro atoms. The molecule has 0 aliphatic heterocycles. The molecule has 0 N–H and O–H groups in total. The van der Waals surface area contributed by atoms with Gasteiger partial charge in [0.25, 0.3) is 0 Å². The summed E-state index contributed by atoms with van der Waals surface area (Å²) in [5, 5.41) is 0. The Bertz CT molecular complexity index is 598. The largest absolute Gasteiger partial charge is 0.433 e. The normalized spacial score (nSPS) is 12.5. The van der Waals surface area contributed by atoms with Crippen molar-refractivity contribution in [3.63, 3.8) is 0 Å². The van der Waals surface area contributed by atoms with Crippen molar-refractivity contribution in [1.29, 1.82) is 0 Å². The van der Waals surface area contributed by atoms with E-state index < -0.39 is 11.9 Å². The van der Waals surface area contributed by atoms with Gasteiger partial charge in [0.2, 0.25) is 0 Å². The van der Waals surface area contributed by atoms with Crippen molar-refractivity contribution < 1.29 is 13.2 Å². The Morgan fingerprint density at radius 3 is 2.05 bits per heavy atom. The lowest BCUT2D eigenvalue weighted by Gasteiger charge is -2.16. The standard InChI is InChI=1S/C14H14F3N3/c1-13(2,3)12-19-7-9(8-20-12)10-5-4-6-18-11(10)14(15,16)17/h4-8H,1-3H3. The van der Waals surface area contributed by atoms with Crippen LogP contribution >= 0.6 is 0 Å². The van der Waals surface area contributed by atoms with Gasteiger partial charge in [0, 0.05) is 35.1 Å². The summed E-state index contributed by atoms with van der Waals surface area (Å²) in [6, 6.07) is 2.83. The fraction of sp³-hybridized carbons (Fsp3) is 0.357. The predicted octanol–water partition coefficient (Wildman–Crippen LogP) is 3.85. The van der Waals surface area contributed by atoms with Crippen LogP contribution in [0.4, 0.5) is 13.2 Å². The molecule has 0 radical (unpaired) electrons. The number of alkyl halides is 3. The first-order valence-electron chi connectivity index (χ1n) is 6.05. The van der Waals surface area contributed by atoms with E-state index in [1.54, 1.807) is 0 Å². The Morgan fingerprint density at radius 1 is 0.950 bits per heavy atom. The van der Waals surface area contributed by atoms with Gasteiger partial charge in [0.05, 0.1) is 0 Å². The van der Waals surface area contributed by atoms with Gasteiger partial charge in [-0.15, -0.1) is 0 Å². The molecule has 0 saturated carbocycles. The Labute approximate surface area is 114 Å². The third-order valence-electron chi connectivity index (χ3n) is 2.71. The van der Waals surface area contributed by atoms with Gasteiger partial charge < -0.3 is 0 Å². The van der Waals surface area contributed by atoms with Crippen LogP contribution in [-0.2, 0) is 11.6 Å². The van der Waals surface area contributed by atoms with Crippen LogP contribution in [0.5, 0.6) is 0 Å². The lowest BCUT2D eigenvalue weighted by molar-refractivity contribution is -0.140. The van der Waals surface area contributed by atoms with E-state index in [-0.39, 0.29) is 11.0 Å². The van der Waals surface area contributed by atoms with E-state index >= 15 is 0 Å². The van der Waals surface area contributed by atoms with Gasteiger partial charge in [-0.2, -0.15) is 13.2 Å². The monoisotopic (exact) mass is 281 g/mol. The molecule has 106 valence electrons. The third kappa shape index (κ3) is 2.95. The summed E-state index contributed by atoms with van der Waals surface area (Å²) in [5.41, 5.74) is -0.883. The maximum Gasteiger partial charge on any atom is 0.433 e. The second-order valence-electron chi connectivity index (χ2n) is 5.44. The number of aromatic nitrogens is 3. The second-order valence-corrected chi connectivity index (χ2v) is 5.44. The maximum absolute atomic E-state index is 12.9. The number of pyridine rings is 1. The van der Waals surface area contributed by atoms with Crippen molar-refractivity contribution in [2.24, 2.45) is 0 Å². The van der Waals surface area contributed by atoms with E-state index in [0.29, 0.717) is 11.4 Å². The van der Waals surface area contributed by atoms with E-state index in [1.165, 1.54) is 24.5 Å². The SMILES string of the molecule is CC(C)(C)c1ncc(-c2cccnc2C(F)(F)F)cn1. The van der Waals surface area contributed by atoms with Gasteiger partial charge in [0.1, 0.15) is 5.82 Å². The van der Waals surface area contributed by atoms with Crippen molar-refractivity contribution >= 4 is 0 Å². The highest BCUT2D eigenvalue weighted by Crippen LogP contribution is 2.35. The molecule has 2 rings (SSSR count). The molecule has 20 heavy (non-hydrogen) atoms. The fourth-order valence-corrected chi connectivity index (χ4v) is 1.72. The van der Waals surface area contributed by atoms with Crippen LogP contribution in [0.15, 0.2) is 30.7 Å². The van der Waals surface area contributed by atoms with Crippen LogP contribution in [0, 0.1) is 0 Å².